The molecule has 1 heterocycles. The van der Waals surface area contributed by atoms with Crippen LogP contribution in [0.5, 0.6) is 0 Å². The maximum Gasteiger partial charge on any atom is 0.125 e. The maximum absolute atomic E-state index is 13.1. The average Bonchev–Trinajstić information content (AvgIpc) is 3.12. The van der Waals surface area contributed by atoms with Gasteiger partial charge in [-0.25, -0.2) is 9.37 Å². The zero-order valence-electron chi connectivity index (χ0n) is 12.6. The lowest BCUT2D eigenvalue weighted by Crippen LogP contribution is -2.09. The van der Waals surface area contributed by atoms with Crippen molar-refractivity contribution in [2.75, 3.05) is 0 Å². The third kappa shape index (κ3) is 4.32. The van der Waals surface area contributed by atoms with Gasteiger partial charge >= 0.3 is 0 Å². The van der Waals surface area contributed by atoms with E-state index in [2.05, 4.69) is 4.98 Å². The van der Waals surface area contributed by atoms with Crippen LogP contribution in [0.4, 0.5) is 4.39 Å². The smallest absolute Gasteiger partial charge is 0.125 e. The second-order valence-corrected chi connectivity index (χ2v) is 7.31. The molecule has 0 saturated heterocycles. The molecule has 124 valence electrons. The lowest BCUT2D eigenvalue weighted by molar-refractivity contribution is 0.627. The molecule has 0 saturated carbocycles. The zero-order chi connectivity index (χ0) is 16.9. The van der Waals surface area contributed by atoms with Gasteiger partial charge in [0.15, 0.2) is 0 Å². The number of rotatable bonds is 6. The molecular formula is C18H15Cl2FN2S. The monoisotopic (exact) mass is 380 g/mol. The minimum absolute atomic E-state index is 0.00295. The molecule has 2 unspecified atom stereocenters. The van der Waals surface area contributed by atoms with Crippen molar-refractivity contribution in [2.24, 2.45) is 0 Å². The van der Waals surface area contributed by atoms with E-state index in [9.17, 15) is 4.39 Å². The van der Waals surface area contributed by atoms with Gasteiger partial charge in [-0.05, 0) is 35.4 Å². The van der Waals surface area contributed by atoms with Crippen molar-refractivity contribution in [1.82, 2.24) is 9.55 Å². The van der Waals surface area contributed by atoms with Crippen LogP contribution >= 0.6 is 35.0 Å². The van der Waals surface area contributed by atoms with E-state index < -0.39 is 0 Å². The van der Waals surface area contributed by atoms with Crippen LogP contribution in [-0.2, 0) is 5.75 Å². The van der Waals surface area contributed by atoms with Gasteiger partial charge in [-0.15, -0.1) is 11.8 Å². The van der Waals surface area contributed by atoms with Gasteiger partial charge in [0.05, 0.1) is 11.6 Å². The highest BCUT2D eigenvalue weighted by Crippen LogP contribution is 2.42. The summed E-state index contributed by atoms with van der Waals surface area (Å²) in [5, 5.41) is 0.693. The molecule has 0 radical (unpaired) electrons. The summed E-state index contributed by atoms with van der Waals surface area (Å²) in [6.45, 7) is 0. The number of imidazole rings is 1. The third-order valence-electron chi connectivity index (χ3n) is 3.60. The fraction of sp³-hybridized carbons (Fsp3) is 0.167. The van der Waals surface area contributed by atoms with Crippen molar-refractivity contribution in [3.63, 3.8) is 0 Å². The number of alkyl halides is 1. The van der Waals surface area contributed by atoms with E-state index in [0.29, 0.717) is 5.02 Å². The Hall–Kier alpha value is -1.49. The topological polar surface area (TPSA) is 17.8 Å². The molecule has 2 atom stereocenters. The number of nitrogens with zero attached hydrogens (tertiary/aromatic N) is 2. The van der Waals surface area contributed by atoms with E-state index in [0.717, 1.165) is 16.9 Å². The molecule has 2 nitrogen and oxygen atoms in total. The van der Waals surface area contributed by atoms with Gasteiger partial charge in [0.25, 0.3) is 0 Å². The van der Waals surface area contributed by atoms with Crippen molar-refractivity contribution in [3.8, 4) is 0 Å². The Morgan fingerprint density at radius 3 is 2.42 bits per heavy atom. The first-order valence-corrected chi connectivity index (χ1v) is 9.23. The highest BCUT2D eigenvalue weighted by Gasteiger charge is 2.23. The summed E-state index contributed by atoms with van der Waals surface area (Å²) in [5.41, 5.74) is 1.84. The first-order chi connectivity index (χ1) is 11.6. The molecule has 6 heteroatoms. The lowest BCUT2D eigenvalue weighted by Gasteiger charge is -2.23. The Morgan fingerprint density at radius 1 is 1.08 bits per heavy atom. The molecular weight excluding hydrogens is 366 g/mol. The van der Waals surface area contributed by atoms with Crippen molar-refractivity contribution >= 4 is 35.0 Å². The molecule has 1 aromatic heterocycles. The van der Waals surface area contributed by atoms with Crippen molar-refractivity contribution in [1.29, 1.82) is 0 Å². The molecule has 0 bridgehead atoms. The van der Waals surface area contributed by atoms with E-state index in [1.807, 2.05) is 35.0 Å². The van der Waals surface area contributed by atoms with E-state index in [1.165, 1.54) is 12.1 Å². The van der Waals surface area contributed by atoms with Crippen molar-refractivity contribution in [3.05, 3.63) is 89.2 Å². The number of thioether (sulfide) groups is 1. The first kappa shape index (κ1) is 17.3. The van der Waals surface area contributed by atoms with Crippen LogP contribution in [0.15, 0.2) is 67.3 Å². The zero-order valence-corrected chi connectivity index (χ0v) is 15.0. The Bertz CT molecular complexity index is 761. The highest BCUT2D eigenvalue weighted by atomic mass is 35.5. The standard InChI is InChI=1S/C18H15Cl2FN2S/c19-15-5-3-14(4-6-15)17(18(20)23-10-9-22-12-23)24-11-13-1-7-16(21)8-2-13/h1-10,12,17-18H,11H2. The molecule has 0 fully saturated rings. The van der Waals surface area contributed by atoms with E-state index in [-0.39, 0.29) is 16.6 Å². The van der Waals surface area contributed by atoms with E-state index in [4.69, 9.17) is 23.2 Å². The SMILES string of the molecule is Fc1ccc(CSC(c2ccc(Cl)cc2)C(Cl)n2ccnc2)cc1. The molecule has 0 aliphatic rings. The summed E-state index contributed by atoms with van der Waals surface area (Å²) < 4.78 is 14.9. The predicted octanol–water partition coefficient (Wildman–Crippen LogP) is 6.09. The van der Waals surface area contributed by atoms with E-state index in [1.54, 1.807) is 36.4 Å². The number of hydrogen-bond donors (Lipinski definition) is 0. The van der Waals surface area contributed by atoms with Gasteiger partial charge in [0, 0.05) is 23.2 Å². The van der Waals surface area contributed by atoms with Gasteiger partial charge in [-0.1, -0.05) is 47.5 Å². The summed E-state index contributed by atoms with van der Waals surface area (Å²) in [7, 11) is 0. The summed E-state index contributed by atoms with van der Waals surface area (Å²) >= 11 is 14.4. The van der Waals surface area contributed by atoms with Gasteiger partial charge in [0.2, 0.25) is 0 Å². The Kier molecular flexibility index (Phi) is 5.82. The predicted molar refractivity (Wildman–Crippen MR) is 99.0 cm³/mol. The normalized spacial score (nSPS) is 13.6. The van der Waals surface area contributed by atoms with Gasteiger partial charge in [-0.2, -0.15) is 0 Å². The number of aromatic nitrogens is 2. The maximum atomic E-state index is 13.1. The molecule has 0 spiro atoms. The minimum atomic E-state index is -0.292. The number of hydrogen-bond acceptors (Lipinski definition) is 2. The fourth-order valence-electron chi connectivity index (χ4n) is 2.33. The molecule has 2 aromatic carbocycles. The number of halogens is 3. The van der Waals surface area contributed by atoms with Gasteiger partial charge < -0.3 is 4.57 Å². The van der Waals surface area contributed by atoms with Crippen LogP contribution in [0.25, 0.3) is 0 Å². The Balaban J connectivity index is 1.81. The molecule has 0 aliphatic carbocycles. The quantitative estimate of drug-likeness (QED) is 0.481. The van der Waals surface area contributed by atoms with Gasteiger partial charge in [0.1, 0.15) is 11.3 Å². The fourth-order valence-corrected chi connectivity index (χ4v) is 4.14. The summed E-state index contributed by atoms with van der Waals surface area (Å²) in [4.78, 5) is 4.07. The largest absolute Gasteiger partial charge is 0.319 e. The Labute approximate surface area is 154 Å². The summed E-state index contributed by atoms with van der Waals surface area (Å²) in [6, 6.07) is 14.2. The molecule has 24 heavy (non-hydrogen) atoms. The minimum Gasteiger partial charge on any atom is -0.319 e. The Morgan fingerprint density at radius 2 is 1.79 bits per heavy atom. The molecule has 0 N–H and O–H groups in total. The van der Waals surface area contributed by atoms with Crippen LogP contribution in [0.3, 0.4) is 0 Å². The molecule has 0 aliphatic heterocycles. The third-order valence-corrected chi connectivity index (χ3v) is 5.87. The molecule has 3 aromatic rings. The first-order valence-electron chi connectivity index (χ1n) is 7.36. The van der Waals surface area contributed by atoms with Crippen LogP contribution in [0, 0.1) is 5.82 Å². The highest BCUT2D eigenvalue weighted by molar-refractivity contribution is 7.98. The van der Waals surface area contributed by atoms with Crippen LogP contribution in [-0.4, -0.2) is 9.55 Å². The molecule has 0 amide bonds. The van der Waals surface area contributed by atoms with Crippen LogP contribution in [0.2, 0.25) is 5.02 Å². The lowest BCUT2D eigenvalue weighted by atomic mass is 10.1. The van der Waals surface area contributed by atoms with E-state index >= 15 is 0 Å². The number of benzene rings is 2. The second-order valence-electron chi connectivity index (χ2n) is 5.29. The summed E-state index contributed by atoms with van der Waals surface area (Å²) in [6.07, 6.45) is 5.26. The molecule has 3 rings (SSSR count). The average molecular weight is 381 g/mol. The summed E-state index contributed by atoms with van der Waals surface area (Å²) in [5.74, 6) is 0.498. The van der Waals surface area contributed by atoms with Crippen molar-refractivity contribution < 1.29 is 4.39 Å². The second kappa shape index (κ2) is 8.06. The van der Waals surface area contributed by atoms with Crippen LogP contribution in [0.1, 0.15) is 21.9 Å². The van der Waals surface area contributed by atoms with Crippen molar-refractivity contribution in [2.45, 2.75) is 16.5 Å². The van der Waals surface area contributed by atoms with Gasteiger partial charge in [-0.3, -0.25) is 0 Å². The van der Waals surface area contributed by atoms with Crippen LogP contribution < -0.4 is 0 Å².